The second kappa shape index (κ2) is 5.56. The van der Waals surface area contributed by atoms with Crippen molar-refractivity contribution in [3.8, 4) is 5.75 Å². The third-order valence-electron chi connectivity index (χ3n) is 1.81. The van der Waals surface area contributed by atoms with Gasteiger partial charge < -0.3 is 10.5 Å². The minimum absolute atomic E-state index is 0.532. The first-order chi connectivity index (χ1) is 6.63. The molecule has 1 rings (SSSR count). The second-order valence-corrected chi connectivity index (χ2v) is 4.91. The maximum atomic E-state index is 5.66. The lowest BCUT2D eigenvalue weighted by Crippen LogP contribution is -2.08. The smallest absolute Gasteiger partial charge is 0.123 e. The Kier molecular flexibility index (Phi) is 4.68. The Morgan fingerprint density at radius 2 is 2.14 bits per heavy atom. The van der Waals surface area contributed by atoms with Crippen LogP contribution in [0, 0.1) is 9.49 Å². The van der Waals surface area contributed by atoms with E-state index in [-0.39, 0.29) is 0 Å². The molecule has 0 atom stereocenters. The molecule has 0 heterocycles. The van der Waals surface area contributed by atoms with Crippen LogP contribution in [0.1, 0.15) is 19.4 Å². The van der Waals surface area contributed by atoms with E-state index in [0.29, 0.717) is 12.5 Å². The van der Waals surface area contributed by atoms with Gasteiger partial charge in [-0.3, -0.25) is 0 Å². The summed E-state index contributed by atoms with van der Waals surface area (Å²) in [6.07, 6.45) is 0. The molecule has 3 heteroatoms. The summed E-state index contributed by atoms with van der Waals surface area (Å²) < 4.78 is 6.86. The highest BCUT2D eigenvalue weighted by atomic mass is 127. The van der Waals surface area contributed by atoms with Crippen molar-refractivity contribution in [1.82, 2.24) is 0 Å². The number of halogens is 1. The lowest BCUT2D eigenvalue weighted by atomic mass is 10.2. The molecule has 0 radical (unpaired) electrons. The van der Waals surface area contributed by atoms with Crippen LogP contribution in [0.15, 0.2) is 18.2 Å². The van der Waals surface area contributed by atoms with E-state index in [1.54, 1.807) is 0 Å². The highest BCUT2D eigenvalue weighted by Crippen LogP contribution is 2.21. The minimum atomic E-state index is 0.532. The summed E-state index contributed by atoms with van der Waals surface area (Å²) in [6, 6.07) is 6.10. The zero-order valence-corrected chi connectivity index (χ0v) is 10.7. The highest BCUT2D eigenvalue weighted by molar-refractivity contribution is 14.1. The SMILES string of the molecule is CC(C)COc1ccc(I)cc1CN. The number of rotatable bonds is 4. The Morgan fingerprint density at radius 3 is 2.71 bits per heavy atom. The normalized spacial score (nSPS) is 10.6. The molecule has 0 unspecified atom stereocenters. The van der Waals surface area contributed by atoms with Crippen LogP contribution in [0.3, 0.4) is 0 Å². The molecule has 2 N–H and O–H groups in total. The molecule has 0 spiro atoms. The summed E-state index contributed by atoms with van der Waals surface area (Å²) in [7, 11) is 0. The van der Waals surface area contributed by atoms with E-state index in [2.05, 4.69) is 42.5 Å². The molecule has 0 aliphatic heterocycles. The van der Waals surface area contributed by atoms with E-state index in [1.807, 2.05) is 12.1 Å². The van der Waals surface area contributed by atoms with E-state index in [4.69, 9.17) is 10.5 Å². The van der Waals surface area contributed by atoms with Gasteiger partial charge in [0, 0.05) is 15.7 Å². The third-order valence-corrected chi connectivity index (χ3v) is 2.49. The molecule has 1 aromatic rings. The van der Waals surface area contributed by atoms with Gasteiger partial charge in [-0.1, -0.05) is 13.8 Å². The summed E-state index contributed by atoms with van der Waals surface area (Å²) >= 11 is 2.28. The quantitative estimate of drug-likeness (QED) is 0.868. The lowest BCUT2D eigenvalue weighted by molar-refractivity contribution is 0.268. The average molecular weight is 305 g/mol. The molecule has 0 aliphatic rings. The summed E-state index contributed by atoms with van der Waals surface area (Å²) in [5.41, 5.74) is 6.72. The molecule has 0 saturated heterocycles. The number of hydrogen-bond acceptors (Lipinski definition) is 2. The van der Waals surface area contributed by atoms with Gasteiger partial charge in [0.2, 0.25) is 0 Å². The van der Waals surface area contributed by atoms with E-state index in [1.165, 1.54) is 3.57 Å². The van der Waals surface area contributed by atoms with E-state index in [0.717, 1.165) is 17.9 Å². The van der Waals surface area contributed by atoms with E-state index < -0.39 is 0 Å². The molecule has 0 aromatic heterocycles. The maximum absolute atomic E-state index is 5.66. The predicted molar refractivity (Wildman–Crippen MR) is 67.4 cm³/mol. The summed E-state index contributed by atoms with van der Waals surface area (Å²) in [5, 5.41) is 0. The summed E-state index contributed by atoms with van der Waals surface area (Å²) in [6.45, 7) is 5.54. The van der Waals surface area contributed by atoms with Crippen LogP contribution < -0.4 is 10.5 Å². The fourth-order valence-electron chi connectivity index (χ4n) is 1.10. The first-order valence-corrected chi connectivity index (χ1v) is 5.82. The Bertz CT molecular complexity index is 299. The zero-order valence-electron chi connectivity index (χ0n) is 8.59. The topological polar surface area (TPSA) is 35.2 Å². The van der Waals surface area contributed by atoms with Crippen molar-refractivity contribution < 1.29 is 4.74 Å². The fourth-order valence-corrected chi connectivity index (χ4v) is 1.66. The lowest BCUT2D eigenvalue weighted by Gasteiger charge is -2.12. The fraction of sp³-hybridized carbons (Fsp3) is 0.455. The number of hydrogen-bond donors (Lipinski definition) is 1. The van der Waals surface area contributed by atoms with E-state index in [9.17, 15) is 0 Å². The Hall–Kier alpha value is -0.290. The van der Waals surface area contributed by atoms with Crippen LogP contribution in [0.5, 0.6) is 5.75 Å². The van der Waals surface area contributed by atoms with Crippen molar-refractivity contribution in [1.29, 1.82) is 0 Å². The van der Waals surface area contributed by atoms with Crippen LogP contribution in [0.4, 0.5) is 0 Å². The molecular formula is C11H16INO. The van der Waals surface area contributed by atoms with Gasteiger partial charge in [0.1, 0.15) is 5.75 Å². The largest absolute Gasteiger partial charge is 0.493 e. The molecule has 0 bridgehead atoms. The van der Waals surface area contributed by atoms with Crippen LogP contribution in [0.2, 0.25) is 0 Å². The average Bonchev–Trinajstić information content (AvgIpc) is 2.15. The van der Waals surface area contributed by atoms with Gasteiger partial charge in [0.25, 0.3) is 0 Å². The standard InChI is InChI=1S/C11H16INO/c1-8(2)7-14-11-4-3-10(12)5-9(11)6-13/h3-5,8H,6-7,13H2,1-2H3. The summed E-state index contributed by atoms with van der Waals surface area (Å²) in [4.78, 5) is 0. The Balaban J connectivity index is 2.75. The number of nitrogens with two attached hydrogens (primary N) is 1. The molecule has 2 nitrogen and oxygen atoms in total. The van der Waals surface area contributed by atoms with Crippen molar-refractivity contribution in [2.45, 2.75) is 20.4 Å². The molecule has 78 valence electrons. The molecule has 0 amide bonds. The van der Waals surface area contributed by atoms with Gasteiger partial charge in [-0.05, 0) is 46.7 Å². The number of benzene rings is 1. The predicted octanol–water partition coefficient (Wildman–Crippen LogP) is 2.78. The van der Waals surface area contributed by atoms with Crippen LogP contribution in [-0.4, -0.2) is 6.61 Å². The first kappa shape index (κ1) is 11.8. The van der Waals surface area contributed by atoms with Crippen molar-refractivity contribution in [3.63, 3.8) is 0 Å². The maximum Gasteiger partial charge on any atom is 0.123 e. The van der Waals surface area contributed by atoms with Crippen LogP contribution in [0.25, 0.3) is 0 Å². The molecular weight excluding hydrogens is 289 g/mol. The molecule has 0 saturated carbocycles. The van der Waals surface area contributed by atoms with Gasteiger partial charge in [-0.15, -0.1) is 0 Å². The van der Waals surface area contributed by atoms with Gasteiger partial charge in [0.15, 0.2) is 0 Å². The Morgan fingerprint density at radius 1 is 1.43 bits per heavy atom. The van der Waals surface area contributed by atoms with Crippen molar-refractivity contribution in [2.24, 2.45) is 11.7 Å². The molecule has 1 aromatic carbocycles. The first-order valence-electron chi connectivity index (χ1n) is 4.74. The van der Waals surface area contributed by atoms with Crippen LogP contribution in [-0.2, 0) is 6.54 Å². The molecule has 0 aliphatic carbocycles. The molecule has 0 fully saturated rings. The van der Waals surface area contributed by atoms with Crippen molar-refractivity contribution in [2.75, 3.05) is 6.61 Å². The van der Waals surface area contributed by atoms with Crippen LogP contribution >= 0.6 is 22.6 Å². The number of ether oxygens (including phenoxy) is 1. The monoisotopic (exact) mass is 305 g/mol. The van der Waals surface area contributed by atoms with E-state index >= 15 is 0 Å². The summed E-state index contributed by atoms with van der Waals surface area (Å²) in [5.74, 6) is 1.46. The Labute approximate surface area is 99.0 Å². The zero-order chi connectivity index (χ0) is 10.6. The van der Waals surface area contributed by atoms with Gasteiger partial charge in [-0.2, -0.15) is 0 Å². The highest BCUT2D eigenvalue weighted by Gasteiger charge is 2.03. The van der Waals surface area contributed by atoms with Crippen molar-refractivity contribution >= 4 is 22.6 Å². The van der Waals surface area contributed by atoms with Gasteiger partial charge >= 0.3 is 0 Å². The second-order valence-electron chi connectivity index (χ2n) is 3.66. The minimum Gasteiger partial charge on any atom is -0.493 e. The van der Waals surface area contributed by atoms with Gasteiger partial charge in [-0.25, -0.2) is 0 Å². The molecule has 14 heavy (non-hydrogen) atoms. The van der Waals surface area contributed by atoms with Gasteiger partial charge in [0.05, 0.1) is 6.61 Å². The third kappa shape index (κ3) is 3.46. The van der Waals surface area contributed by atoms with Crippen molar-refractivity contribution in [3.05, 3.63) is 27.3 Å².